The van der Waals surface area contributed by atoms with Crippen molar-refractivity contribution in [3.05, 3.63) is 11.8 Å². The molecule has 1 heterocycles. The lowest BCUT2D eigenvalue weighted by Gasteiger charge is -2.06. The van der Waals surface area contributed by atoms with E-state index in [1.54, 1.807) is 13.1 Å². The van der Waals surface area contributed by atoms with E-state index in [1.807, 2.05) is 0 Å². The van der Waals surface area contributed by atoms with E-state index in [-0.39, 0.29) is 0 Å². The number of nitrogens with two attached hydrogens (primary N) is 1. The summed E-state index contributed by atoms with van der Waals surface area (Å²) >= 11 is 0. The van der Waals surface area contributed by atoms with Crippen LogP contribution in [-0.2, 0) is 0 Å². The van der Waals surface area contributed by atoms with Crippen molar-refractivity contribution in [2.75, 3.05) is 5.73 Å². The van der Waals surface area contributed by atoms with Crippen LogP contribution in [0.3, 0.4) is 0 Å². The third-order valence-corrected chi connectivity index (χ3v) is 1.78. The molecule has 0 bridgehead atoms. The van der Waals surface area contributed by atoms with Crippen molar-refractivity contribution in [3.63, 3.8) is 0 Å². The predicted molar refractivity (Wildman–Crippen MR) is 50.6 cm³/mol. The van der Waals surface area contributed by atoms with Crippen LogP contribution >= 0.6 is 0 Å². The Morgan fingerprint density at radius 2 is 2.54 bits per heavy atom. The average molecular weight is 179 g/mol. The summed E-state index contributed by atoms with van der Waals surface area (Å²) in [7, 11) is 0. The maximum atomic E-state index is 9.61. The number of nitrogen functional groups attached to an aromatic ring is 1. The van der Waals surface area contributed by atoms with Gasteiger partial charge in [0.05, 0.1) is 12.3 Å². The number of rotatable bonds is 3. The van der Waals surface area contributed by atoms with Crippen LogP contribution in [-0.4, -0.2) is 15.3 Å². The highest BCUT2D eigenvalue weighted by Crippen LogP contribution is 2.21. The first kappa shape index (κ1) is 9.62. The van der Waals surface area contributed by atoms with Crippen LogP contribution in [0.4, 0.5) is 5.82 Å². The number of aliphatic hydroxyl groups excluding tert-OH is 1. The maximum Gasteiger partial charge on any atom is 0.124 e. The fourth-order valence-electron chi connectivity index (χ4n) is 1.06. The fraction of sp³-hybridized carbons (Fsp3) is 0.444. The number of aromatic nitrogens is 2. The van der Waals surface area contributed by atoms with Crippen LogP contribution in [0.2, 0.25) is 0 Å². The minimum absolute atomic E-state index is 0.428. The summed E-state index contributed by atoms with van der Waals surface area (Å²) < 4.78 is 0. The Balaban J connectivity index is 2.52. The smallest absolute Gasteiger partial charge is 0.124 e. The van der Waals surface area contributed by atoms with Crippen LogP contribution in [0.15, 0.2) is 6.20 Å². The molecule has 0 aliphatic carbocycles. The minimum Gasteiger partial charge on any atom is -0.388 e. The van der Waals surface area contributed by atoms with Crippen molar-refractivity contribution in [2.45, 2.75) is 25.9 Å². The Kier molecular flexibility index (Phi) is 3.35. The number of nitrogens with one attached hydrogen (secondary N) is 1. The van der Waals surface area contributed by atoms with E-state index in [2.05, 4.69) is 22.0 Å². The summed E-state index contributed by atoms with van der Waals surface area (Å²) in [6, 6.07) is 0. The summed E-state index contributed by atoms with van der Waals surface area (Å²) in [5, 5.41) is 15.9. The molecule has 1 rings (SSSR count). The molecule has 1 unspecified atom stereocenters. The molecule has 13 heavy (non-hydrogen) atoms. The molecule has 4 heteroatoms. The Morgan fingerprint density at radius 3 is 3.08 bits per heavy atom. The molecular formula is C9H13N3O. The van der Waals surface area contributed by atoms with Crippen molar-refractivity contribution in [3.8, 4) is 11.8 Å². The van der Waals surface area contributed by atoms with Crippen molar-refractivity contribution < 1.29 is 5.11 Å². The van der Waals surface area contributed by atoms with E-state index in [1.165, 1.54) is 0 Å². The van der Waals surface area contributed by atoms with Gasteiger partial charge in [-0.05, 0) is 13.3 Å². The van der Waals surface area contributed by atoms with E-state index in [0.29, 0.717) is 24.2 Å². The van der Waals surface area contributed by atoms with Crippen LogP contribution in [0.1, 0.15) is 31.4 Å². The van der Waals surface area contributed by atoms with Gasteiger partial charge < -0.3 is 10.8 Å². The minimum atomic E-state index is -0.570. The summed E-state index contributed by atoms with van der Waals surface area (Å²) in [4.78, 5) is 0. The van der Waals surface area contributed by atoms with Gasteiger partial charge in [-0.3, -0.25) is 5.10 Å². The highest BCUT2D eigenvalue weighted by molar-refractivity contribution is 5.38. The second-order valence-electron chi connectivity index (χ2n) is 2.72. The molecule has 1 aromatic heterocycles. The zero-order chi connectivity index (χ0) is 9.68. The van der Waals surface area contributed by atoms with Crippen molar-refractivity contribution in [2.24, 2.45) is 0 Å². The van der Waals surface area contributed by atoms with E-state index in [0.717, 1.165) is 0 Å². The van der Waals surface area contributed by atoms with Gasteiger partial charge in [0.1, 0.15) is 5.82 Å². The Labute approximate surface area is 77.2 Å². The lowest BCUT2D eigenvalue weighted by atomic mass is 10.1. The van der Waals surface area contributed by atoms with Gasteiger partial charge in [-0.25, -0.2) is 0 Å². The first-order chi connectivity index (χ1) is 6.25. The number of aromatic amines is 1. The van der Waals surface area contributed by atoms with Gasteiger partial charge in [0.15, 0.2) is 0 Å². The quantitative estimate of drug-likeness (QED) is 0.601. The van der Waals surface area contributed by atoms with Crippen LogP contribution in [0, 0.1) is 11.8 Å². The molecule has 0 saturated carbocycles. The third-order valence-electron chi connectivity index (χ3n) is 1.78. The second kappa shape index (κ2) is 4.53. The van der Waals surface area contributed by atoms with Gasteiger partial charge in [-0.1, -0.05) is 0 Å². The second-order valence-corrected chi connectivity index (χ2v) is 2.72. The van der Waals surface area contributed by atoms with Gasteiger partial charge >= 0.3 is 0 Å². The van der Waals surface area contributed by atoms with E-state index in [4.69, 9.17) is 5.73 Å². The Bertz CT molecular complexity index is 321. The zero-order valence-corrected chi connectivity index (χ0v) is 7.54. The monoisotopic (exact) mass is 179 g/mol. The average Bonchev–Trinajstić information content (AvgIpc) is 2.52. The van der Waals surface area contributed by atoms with E-state index >= 15 is 0 Å². The molecule has 0 spiro atoms. The standard InChI is InChI=1S/C9H13N3O/c1-2-3-4-5-8(13)7-6-11-12-9(7)10/h6,8,13H,4-5H2,1H3,(H3,10,11,12). The molecule has 0 aliphatic heterocycles. The van der Waals surface area contributed by atoms with Gasteiger partial charge in [-0.15, -0.1) is 11.8 Å². The SMILES string of the molecule is CC#CCCC(O)c1cn[nH]c1N. The van der Waals surface area contributed by atoms with E-state index < -0.39 is 6.10 Å². The summed E-state index contributed by atoms with van der Waals surface area (Å²) in [6.45, 7) is 1.78. The first-order valence-corrected chi connectivity index (χ1v) is 4.12. The van der Waals surface area contributed by atoms with Crippen LogP contribution in [0.25, 0.3) is 0 Å². The number of aliphatic hydroxyl groups is 1. The molecule has 4 nitrogen and oxygen atoms in total. The third kappa shape index (κ3) is 2.49. The van der Waals surface area contributed by atoms with Gasteiger partial charge in [0.2, 0.25) is 0 Å². The molecule has 1 atom stereocenters. The summed E-state index contributed by atoms with van der Waals surface area (Å²) in [6.07, 6.45) is 2.23. The van der Waals surface area contributed by atoms with Gasteiger partial charge in [0.25, 0.3) is 0 Å². The molecule has 4 N–H and O–H groups in total. The number of anilines is 1. The number of H-pyrrole nitrogens is 1. The molecule has 0 aliphatic rings. The van der Waals surface area contributed by atoms with Gasteiger partial charge in [0, 0.05) is 12.0 Å². The molecular weight excluding hydrogens is 166 g/mol. The normalized spacial score (nSPS) is 11.8. The zero-order valence-electron chi connectivity index (χ0n) is 7.54. The Morgan fingerprint density at radius 1 is 1.77 bits per heavy atom. The largest absolute Gasteiger partial charge is 0.388 e. The number of hydrogen-bond donors (Lipinski definition) is 3. The maximum absolute atomic E-state index is 9.61. The number of hydrogen-bond acceptors (Lipinski definition) is 3. The van der Waals surface area contributed by atoms with Gasteiger partial charge in [-0.2, -0.15) is 5.10 Å². The van der Waals surface area contributed by atoms with Crippen molar-refractivity contribution >= 4 is 5.82 Å². The summed E-state index contributed by atoms with van der Waals surface area (Å²) in [5.74, 6) is 6.07. The van der Waals surface area contributed by atoms with Crippen molar-refractivity contribution in [1.82, 2.24) is 10.2 Å². The lowest BCUT2D eigenvalue weighted by molar-refractivity contribution is 0.170. The molecule has 0 saturated heterocycles. The van der Waals surface area contributed by atoms with Crippen LogP contribution in [0.5, 0.6) is 0 Å². The molecule has 0 fully saturated rings. The van der Waals surface area contributed by atoms with E-state index in [9.17, 15) is 5.11 Å². The Hall–Kier alpha value is -1.47. The molecule has 70 valence electrons. The highest BCUT2D eigenvalue weighted by atomic mass is 16.3. The topological polar surface area (TPSA) is 74.9 Å². The number of nitrogens with zero attached hydrogens (tertiary/aromatic N) is 1. The predicted octanol–water partition coefficient (Wildman–Crippen LogP) is 0.829. The fourth-order valence-corrected chi connectivity index (χ4v) is 1.06. The highest BCUT2D eigenvalue weighted by Gasteiger charge is 2.11. The lowest BCUT2D eigenvalue weighted by Crippen LogP contribution is -1.99. The van der Waals surface area contributed by atoms with Crippen LogP contribution < -0.4 is 5.73 Å². The molecule has 1 aromatic rings. The molecule has 0 aromatic carbocycles. The molecule has 0 amide bonds. The molecule has 0 radical (unpaired) electrons. The summed E-state index contributed by atoms with van der Waals surface area (Å²) in [5.41, 5.74) is 6.18. The first-order valence-electron chi connectivity index (χ1n) is 4.12. The van der Waals surface area contributed by atoms with Crippen molar-refractivity contribution in [1.29, 1.82) is 0 Å².